The lowest BCUT2D eigenvalue weighted by Gasteiger charge is -2.12. The summed E-state index contributed by atoms with van der Waals surface area (Å²) in [5, 5.41) is 2.86. The van der Waals surface area contributed by atoms with Crippen molar-refractivity contribution in [2.24, 2.45) is 0 Å². The fraction of sp³-hybridized carbons (Fsp3) is 0.316. The van der Waals surface area contributed by atoms with Gasteiger partial charge in [-0.15, -0.1) is 12.4 Å². The molecule has 3 N–H and O–H groups in total. The number of hydrogen-bond acceptors (Lipinski definition) is 3. The largest absolute Gasteiger partial charge is 0.398 e. The molecule has 1 saturated carbocycles. The molecule has 2 aromatic carbocycles. The summed E-state index contributed by atoms with van der Waals surface area (Å²) < 4.78 is 5.89. The topological polar surface area (TPSA) is 64.4 Å². The summed E-state index contributed by atoms with van der Waals surface area (Å²) in [6.07, 6.45) is 5.31. The Morgan fingerprint density at radius 3 is 2.42 bits per heavy atom. The maximum absolute atomic E-state index is 12.2. The number of nitrogens with two attached hydrogens (primary N) is 1. The minimum atomic E-state index is -0.196. The smallest absolute Gasteiger partial charge is 0.257 e. The van der Waals surface area contributed by atoms with E-state index in [1.165, 1.54) is 25.7 Å². The normalized spacial score (nSPS) is 14.2. The molecule has 0 atom stereocenters. The number of nitrogens with one attached hydrogen (secondary N) is 1. The molecule has 0 radical (unpaired) electrons. The van der Waals surface area contributed by atoms with Crippen LogP contribution < -0.4 is 11.1 Å². The zero-order valence-corrected chi connectivity index (χ0v) is 14.4. The number of nitrogen functional groups attached to an aromatic ring is 1. The van der Waals surface area contributed by atoms with Gasteiger partial charge in [-0.1, -0.05) is 37.1 Å². The Balaban J connectivity index is 0.00000208. The molecule has 0 aliphatic heterocycles. The van der Waals surface area contributed by atoms with E-state index in [4.69, 9.17) is 10.5 Å². The van der Waals surface area contributed by atoms with Gasteiger partial charge in [0, 0.05) is 11.4 Å². The van der Waals surface area contributed by atoms with Crippen molar-refractivity contribution in [2.45, 2.75) is 38.4 Å². The Morgan fingerprint density at radius 1 is 1.08 bits per heavy atom. The van der Waals surface area contributed by atoms with E-state index in [1.54, 1.807) is 18.2 Å². The molecule has 1 amide bonds. The maximum Gasteiger partial charge on any atom is 0.257 e. The first-order valence-electron chi connectivity index (χ1n) is 8.09. The first-order valence-corrected chi connectivity index (χ1v) is 8.09. The van der Waals surface area contributed by atoms with E-state index in [-0.39, 0.29) is 18.3 Å². The van der Waals surface area contributed by atoms with Crippen LogP contribution in [0.15, 0.2) is 48.5 Å². The van der Waals surface area contributed by atoms with Crippen molar-refractivity contribution < 1.29 is 9.53 Å². The van der Waals surface area contributed by atoms with Crippen molar-refractivity contribution in [3.05, 3.63) is 59.7 Å². The van der Waals surface area contributed by atoms with Crippen LogP contribution in [0.3, 0.4) is 0 Å². The van der Waals surface area contributed by atoms with Gasteiger partial charge in [-0.2, -0.15) is 0 Å². The molecule has 0 heterocycles. The molecular weight excluding hydrogens is 324 g/mol. The summed E-state index contributed by atoms with van der Waals surface area (Å²) in [7, 11) is 0. The number of anilines is 2. The molecule has 4 nitrogen and oxygen atoms in total. The second kappa shape index (κ2) is 8.71. The molecular formula is C19H23ClN2O2. The Hall–Kier alpha value is -2.04. The van der Waals surface area contributed by atoms with Crippen molar-refractivity contribution in [3.63, 3.8) is 0 Å². The molecule has 0 spiro atoms. The lowest BCUT2D eigenvalue weighted by atomic mass is 10.1. The highest BCUT2D eigenvalue weighted by molar-refractivity contribution is 6.07. The maximum atomic E-state index is 12.2. The Bertz CT molecular complexity index is 667. The summed E-state index contributed by atoms with van der Waals surface area (Å²) in [5.74, 6) is -0.196. The number of rotatable bonds is 5. The number of halogens is 1. The van der Waals surface area contributed by atoms with Crippen LogP contribution in [0.5, 0.6) is 0 Å². The fourth-order valence-corrected chi connectivity index (χ4v) is 2.86. The van der Waals surface area contributed by atoms with Crippen LogP contribution in [0, 0.1) is 0 Å². The molecule has 128 valence electrons. The first-order chi connectivity index (χ1) is 11.2. The number of amides is 1. The summed E-state index contributed by atoms with van der Waals surface area (Å²) in [5.41, 5.74) is 8.66. The predicted octanol–water partition coefficient (Wildman–Crippen LogP) is 4.40. The van der Waals surface area contributed by atoms with Crippen molar-refractivity contribution in [3.8, 4) is 0 Å². The van der Waals surface area contributed by atoms with Crippen LogP contribution >= 0.6 is 12.4 Å². The molecule has 3 rings (SSSR count). The predicted molar refractivity (Wildman–Crippen MR) is 99.5 cm³/mol. The summed E-state index contributed by atoms with van der Waals surface area (Å²) >= 11 is 0. The van der Waals surface area contributed by atoms with E-state index in [9.17, 15) is 4.79 Å². The van der Waals surface area contributed by atoms with Crippen molar-refractivity contribution in [1.29, 1.82) is 0 Å². The molecule has 1 aliphatic rings. The molecule has 2 aromatic rings. The fourth-order valence-electron chi connectivity index (χ4n) is 2.86. The van der Waals surface area contributed by atoms with E-state index < -0.39 is 0 Å². The van der Waals surface area contributed by atoms with Crippen molar-refractivity contribution in [1.82, 2.24) is 0 Å². The van der Waals surface area contributed by atoms with Gasteiger partial charge in [0.25, 0.3) is 5.91 Å². The van der Waals surface area contributed by atoms with Gasteiger partial charge in [-0.3, -0.25) is 4.79 Å². The number of ether oxygens (including phenoxy) is 1. The monoisotopic (exact) mass is 346 g/mol. The lowest BCUT2D eigenvalue weighted by Crippen LogP contribution is -2.14. The summed E-state index contributed by atoms with van der Waals surface area (Å²) in [4.78, 5) is 12.2. The van der Waals surface area contributed by atoms with Gasteiger partial charge in [0.2, 0.25) is 0 Å². The Kier molecular flexibility index (Phi) is 6.64. The molecule has 1 aliphatic carbocycles. The van der Waals surface area contributed by atoms with Crippen LogP contribution in [-0.4, -0.2) is 12.0 Å². The van der Waals surface area contributed by atoms with E-state index in [1.807, 2.05) is 30.3 Å². The summed E-state index contributed by atoms with van der Waals surface area (Å²) in [6, 6.07) is 14.8. The molecule has 5 heteroatoms. The van der Waals surface area contributed by atoms with E-state index in [0.717, 1.165) is 11.3 Å². The number of benzene rings is 2. The van der Waals surface area contributed by atoms with Crippen LogP contribution in [0.4, 0.5) is 11.4 Å². The Morgan fingerprint density at radius 2 is 1.75 bits per heavy atom. The highest BCUT2D eigenvalue weighted by atomic mass is 35.5. The number of hydrogen-bond donors (Lipinski definition) is 2. The molecule has 0 unspecified atom stereocenters. The van der Waals surface area contributed by atoms with Gasteiger partial charge >= 0.3 is 0 Å². The molecule has 0 aromatic heterocycles. The molecule has 0 saturated heterocycles. The standard InChI is InChI=1S/C19H22N2O2.ClH/c20-18-8-4-3-7-17(18)19(22)21-15-11-9-14(10-12-15)13-23-16-5-1-2-6-16;/h3-4,7-12,16H,1-2,5-6,13,20H2,(H,21,22);1H. The minimum Gasteiger partial charge on any atom is -0.398 e. The Labute approximate surface area is 148 Å². The second-order valence-corrected chi connectivity index (χ2v) is 5.96. The zero-order valence-electron chi connectivity index (χ0n) is 13.5. The number of para-hydroxylation sites is 1. The van der Waals surface area contributed by atoms with Gasteiger partial charge < -0.3 is 15.8 Å². The average Bonchev–Trinajstić information content (AvgIpc) is 3.08. The van der Waals surface area contributed by atoms with Crippen molar-refractivity contribution >= 4 is 29.7 Å². The van der Waals surface area contributed by atoms with Gasteiger partial charge in [0.1, 0.15) is 0 Å². The van der Waals surface area contributed by atoms with Gasteiger partial charge in [0.05, 0.1) is 18.3 Å². The molecule has 0 bridgehead atoms. The highest BCUT2D eigenvalue weighted by Gasteiger charge is 2.15. The number of carbonyl (C=O) groups is 1. The molecule has 1 fully saturated rings. The minimum absolute atomic E-state index is 0. The van der Waals surface area contributed by atoms with Crippen molar-refractivity contribution in [2.75, 3.05) is 11.1 Å². The van der Waals surface area contributed by atoms with Crippen LogP contribution in [0.25, 0.3) is 0 Å². The van der Waals surface area contributed by atoms with Crippen LogP contribution in [0.1, 0.15) is 41.6 Å². The van der Waals surface area contributed by atoms with E-state index >= 15 is 0 Å². The van der Waals surface area contributed by atoms with Crippen LogP contribution in [0.2, 0.25) is 0 Å². The van der Waals surface area contributed by atoms with Gasteiger partial charge in [-0.05, 0) is 42.7 Å². The van der Waals surface area contributed by atoms with Crippen LogP contribution in [-0.2, 0) is 11.3 Å². The van der Waals surface area contributed by atoms with E-state index in [0.29, 0.717) is 24.0 Å². The quantitative estimate of drug-likeness (QED) is 0.788. The third-order valence-corrected chi connectivity index (χ3v) is 4.21. The highest BCUT2D eigenvalue weighted by Crippen LogP contribution is 2.22. The average molecular weight is 347 g/mol. The second-order valence-electron chi connectivity index (χ2n) is 5.96. The first kappa shape index (κ1) is 18.3. The molecule has 24 heavy (non-hydrogen) atoms. The summed E-state index contributed by atoms with van der Waals surface area (Å²) in [6.45, 7) is 0.629. The van der Waals surface area contributed by atoms with E-state index in [2.05, 4.69) is 5.32 Å². The lowest BCUT2D eigenvalue weighted by molar-refractivity contribution is 0.0457. The third kappa shape index (κ3) is 4.73. The zero-order chi connectivity index (χ0) is 16.1. The van der Waals surface area contributed by atoms with Gasteiger partial charge in [-0.25, -0.2) is 0 Å². The number of carbonyl (C=O) groups excluding carboxylic acids is 1. The SMILES string of the molecule is Cl.Nc1ccccc1C(=O)Nc1ccc(COC2CCCC2)cc1. The third-order valence-electron chi connectivity index (χ3n) is 4.21. The van der Waals surface area contributed by atoms with Gasteiger partial charge in [0.15, 0.2) is 0 Å².